The van der Waals surface area contributed by atoms with Crippen molar-refractivity contribution in [2.45, 2.75) is 13.8 Å². The van der Waals surface area contributed by atoms with Crippen LogP contribution in [-0.2, 0) is 0 Å². The van der Waals surface area contributed by atoms with Gasteiger partial charge in [-0.15, -0.1) is 6.42 Å². The highest BCUT2D eigenvalue weighted by Crippen LogP contribution is 2.28. The van der Waals surface area contributed by atoms with Crippen LogP contribution < -0.4 is 9.80 Å². The number of phenols is 1. The van der Waals surface area contributed by atoms with Crippen LogP contribution in [0, 0.1) is 12.3 Å². The predicted octanol–water partition coefficient (Wildman–Crippen LogP) is 4.75. The number of benzene rings is 3. The Morgan fingerprint density at radius 1 is 0.844 bits per heavy atom. The van der Waals surface area contributed by atoms with E-state index in [4.69, 9.17) is 6.42 Å². The maximum atomic E-state index is 13.4. The van der Waals surface area contributed by atoms with Gasteiger partial charge in [0.1, 0.15) is 5.75 Å². The van der Waals surface area contributed by atoms with E-state index in [1.165, 1.54) is 4.90 Å². The summed E-state index contributed by atoms with van der Waals surface area (Å²) < 4.78 is 0. The first-order valence-electron chi connectivity index (χ1n) is 10.5. The second kappa shape index (κ2) is 10.3. The Balaban J connectivity index is 2.00. The van der Waals surface area contributed by atoms with E-state index in [1.54, 1.807) is 54.6 Å². The fourth-order valence-corrected chi connectivity index (χ4v) is 3.64. The molecule has 162 valence electrons. The summed E-state index contributed by atoms with van der Waals surface area (Å²) in [5.74, 6) is 1.59. The molecule has 3 aromatic carbocycles. The van der Waals surface area contributed by atoms with E-state index in [-0.39, 0.29) is 34.9 Å². The largest absolute Gasteiger partial charge is 0.507 e. The monoisotopic (exact) mass is 426 g/mol. The van der Waals surface area contributed by atoms with Crippen molar-refractivity contribution in [2.75, 3.05) is 29.4 Å². The fraction of sp³-hybridized carbons (Fsp3) is 0.185. The van der Waals surface area contributed by atoms with Crippen LogP contribution in [0.25, 0.3) is 0 Å². The SMILES string of the molecule is C#CCN(C(=O)c1ccccc1C(=O)c1ccc(N(CC)CC)cc1O)c1ccccc1. The zero-order chi connectivity index (χ0) is 23.1. The molecular weight excluding hydrogens is 400 g/mol. The van der Waals surface area contributed by atoms with E-state index in [0.29, 0.717) is 5.69 Å². The first-order valence-corrected chi connectivity index (χ1v) is 10.5. The molecule has 0 atom stereocenters. The standard InChI is InChI=1S/C27H26N2O3/c1-4-18-29(20-12-8-7-9-13-20)27(32)23-15-11-10-14-22(23)26(31)24-17-16-21(19-25(24)30)28(5-2)6-3/h1,7-17,19,30H,5-6,18H2,2-3H3. The average Bonchev–Trinajstić information content (AvgIpc) is 2.83. The molecule has 0 saturated carbocycles. The number of carbonyl (C=O) groups excluding carboxylic acids is 2. The molecule has 0 saturated heterocycles. The van der Waals surface area contributed by atoms with Gasteiger partial charge in [-0.25, -0.2) is 0 Å². The number of rotatable bonds is 8. The van der Waals surface area contributed by atoms with Crippen molar-refractivity contribution in [3.63, 3.8) is 0 Å². The molecule has 0 aliphatic rings. The maximum absolute atomic E-state index is 13.4. The molecule has 5 heteroatoms. The summed E-state index contributed by atoms with van der Waals surface area (Å²) in [6.45, 7) is 5.68. The number of anilines is 2. The lowest BCUT2D eigenvalue weighted by Crippen LogP contribution is -2.32. The van der Waals surface area contributed by atoms with Gasteiger partial charge in [0.25, 0.3) is 5.91 Å². The van der Waals surface area contributed by atoms with Gasteiger partial charge in [0.05, 0.1) is 17.7 Å². The number of carbonyl (C=O) groups is 2. The van der Waals surface area contributed by atoms with Crippen molar-refractivity contribution >= 4 is 23.1 Å². The molecule has 3 aromatic rings. The van der Waals surface area contributed by atoms with Crippen LogP contribution in [0.1, 0.15) is 40.1 Å². The summed E-state index contributed by atoms with van der Waals surface area (Å²) in [6.07, 6.45) is 5.50. The van der Waals surface area contributed by atoms with E-state index in [2.05, 4.69) is 10.8 Å². The molecule has 0 heterocycles. The van der Waals surface area contributed by atoms with Crippen LogP contribution in [0.3, 0.4) is 0 Å². The van der Waals surface area contributed by atoms with Crippen molar-refractivity contribution < 1.29 is 14.7 Å². The fourth-order valence-electron chi connectivity index (χ4n) is 3.64. The molecule has 3 rings (SSSR count). The Labute approximate surface area is 188 Å². The third-order valence-corrected chi connectivity index (χ3v) is 5.32. The molecule has 1 amide bonds. The highest BCUT2D eigenvalue weighted by Gasteiger charge is 2.24. The van der Waals surface area contributed by atoms with Gasteiger partial charge >= 0.3 is 0 Å². The van der Waals surface area contributed by atoms with Crippen molar-refractivity contribution in [1.82, 2.24) is 0 Å². The Bertz CT molecular complexity index is 1150. The van der Waals surface area contributed by atoms with E-state index in [0.717, 1.165) is 18.8 Å². The number of hydrogen-bond acceptors (Lipinski definition) is 4. The van der Waals surface area contributed by atoms with Gasteiger partial charge < -0.3 is 10.0 Å². The van der Waals surface area contributed by atoms with Crippen LogP contribution in [0.4, 0.5) is 11.4 Å². The van der Waals surface area contributed by atoms with E-state index in [1.807, 2.05) is 32.0 Å². The molecule has 32 heavy (non-hydrogen) atoms. The van der Waals surface area contributed by atoms with Crippen LogP contribution in [0.5, 0.6) is 5.75 Å². The normalized spacial score (nSPS) is 10.3. The minimum Gasteiger partial charge on any atom is -0.507 e. The zero-order valence-corrected chi connectivity index (χ0v) is 18.3. The smallest absolute Gasteiger partial charge is 0.259 e. The van der Waals surface area contributed by atoms with Crippen LogP contribution in [0.2, 0.25) is 0 Å². The molecule has 1 N–H and O–H groups in total. The summed E-state index contributed by atoms with van der Waals surface area (Å²) in [7, 11) is 0. The zero-order valence-electron chi connectivity index (χ0n) is 18.3. The summed E-state index contributed by atoms with van der Waals surface area (Å²) >= 11 is 0. The second-order valence-electron chi connectivity index (χ2n) is 7.18. The van der Waals surface area contributed by atoms with Gasteiger partial charge in [0.15, 0.2) is 5.78 Å². The predicted molar refractivity (Wildman–Crippen MR) is 128 cm³/mol. The number of para-hydroxylation sites is 1. The van der Waals surface area contributed by atoms with Crippen molar-refractivity contribution in [2.24, 2.45) is 0 Å². The lowest BCUT2D eigenvalue weighted by atomic mass is 9.96. The Morgan fingerprint density at radius 3 is 2.06 bits per heavy atom. The Hall–Kier alpha value is -4.04. The Kier molecular flexibility index (Phi) is 7.30. The lowest BCUT2D eigenvalue weighted by Gasteiger charge is -2.22. The minimum absolute atomic E-state index is 0.0647. The maximum Gasteiger partial charge on any atom is 0.259 e. The third kappa shape index (κ3) is 4.65. The number of amides is 1. The van der Waals surface area contributed by atoms with Gasteiger partial charge in [-0.1, -0.05) is 42.3 Å². The summed E-state index contributed by atoms with van der Waals surface area (Å²) in [5.41, 5.74) is 2.05. The van der Waals surface area contributed by atoms with Crippen molar-refractivity contribution in [3.8, 4) is 18.1 Å². The van der Waals surface area contributed by atoms with Gasteiger partial charge in [0.2, 0.25) is 0 Å². The highest BCUT2D eigenvalue weighted by atomic mass is 16.3. The molecule has 0 unspecified atom stereocenters. The van der Waals surface area contributed by atoms with Gasteiger partial charge in [0, 0.05) is 36.1 Å². The van der Waals surface area contributed by atoms with Gasteiger partial charge in [-0.3, -0.25) is 14.5 Å². The molecule has 0 aromatic heterocycles. The van der Waals surface area contributed by atoms with Crippen molar-refractivity contribution in [1.29, 1.82) is 0 Å². The van der Waals surface area contributed by atoms with E-state index in [9.17, 15) is 14.7 Å². The topological polar surface area (TPSA) is 60.9 Å². The van der Waals surface area contributed by atoms with E-state index < -0.39 is 5.78 Å². The number of aromatic hydroxyl groups is 1. The third-order valence-electron chi connectivity index (χ3n) is 5.32. The Morgan fingerprint density at radius 2 is 1.47 bits per heavy atom. The molecule has 0 bridgehead atoms. The van der Waals surface area contributed by atoms with Crippen LogP contribution in [-0.4, -0.2) is 36.4 Å². The first-order chi connectivity index (χ1) is 15.5. The van der Waals surface area contributed by atoms with Gasteiger partial charge in [-0.05, 0) is 44.2 Å². The van der Waals surface area contributed by atoms with E-state index >= 15 is 0 Å². The molecule has 5 nitrogen and oxygen atoms in total. The molecule has 0 fully saturated rings. The van der Waals surface area contributed by atoms with Crippen LogP contribution >= 0.6 is 0 Å². The number of ketones is 1. The highest BCUT2D eigenvalue weighted by molar-refractivity contribution is 6.19. The van der Waals surface area contributed by atoms with Crippen molar-refractivity contribution in [3.05, 3.63) is 89.5 Å². The average molecular weight is 427 g/mol. The lowest BCUT2D eigenvalue weighted by molar-refractivity contribution is 0.0973. The molecular formula is C27H26N2O3. The number of terminal acetylenes is 1. The first kappa shape index (κ1) is 22.6. The number of nitrogens with zero attached hydrogens (tertiary/aromatic N) is 2. The molecule has 0 aliphatic carbocycles. The summed E-state index contributed by atoms with van der Waals surface area (Å²) in [5, 5.41) is 10.6. The minimum atomic E-state index is -0.425. The summed E-state index contributed by atoms with van der Waals surface area (Å²) in [6, 6.07) is 20.6. The van der Waals surface area contributed by atoms with Gasteiger partial charge in [-0.2, -0.15) is 0 Å². The second-order valence-corrected chi connectivity index (χ2v) is 7.18. The molecule has 0 radical (unpaired) electrons. The molecule has 0 spiro atoms. The number of hydrogen-bond donors (Lipinski definition) is 1. The molecule has 0 aliphatic heterocycles. The summed E-state index contributed by atoms with van der Waals surface area (Å²) in [4.78, 5) is 30.3. The quantitative estimate of drug-likeness (QED) is 0.417. The number of phenolic OH excluding ortho intramolecular Hbond substituents is 1. The van der Waals surface area contributed by atoms with Crippen LogP contribution in [0.15, 0.2) is 72.8 Å².